The van der Waals surface area contributed by atoms with Crippen molar-refractivity contribution in [3.05, 3.63) is 21.7 Å². The Kier molecular flexibility index (Phi) is 3.18. The number of nitrogens with two attached hydrogens (primary N) is 1. The van der Waals surface area contributed by atoms with Crippen molar-refractivity contribution in [1.82, 2.24) is 0 Å². The van der Waals surface area contributed by atoms with Gasteiger partial charge in [-0.05, 0) is 50.5 Å². The number of nitrogens with one attached hydrogen (secondary N) is 1. The number of thiophene rings is 1. The van der Waals surface area contributed by atoms with E-state index in [4.69, 9.17) is 5.73 Å². The number of aromatic amines is 1. The molecule has 20 heavy (non-hydrogen) atoms. The zero-order chi connectivity index (χ0) is 13.5. The molecule has 0 saturated heterocycles. The summed E-state index contributed by atoms with van der Waals surface area (Å²) in [6.45, 7) is 0. The molecule has 0 bridgehead atoms. The largest absolute Gasteiger partial charge is 0.398 e. The number of pyridine rings is 1. The van der Waals surface area contributed by atoms with Gasteiger partial charge in [-0.25, -0.2) is 0 Å². The molecular formula is C17H23N2S+. The van der Waals surface area contributed by atoms with Gasteiger partial charge >= 0.3 is 0 Å². The van der Waals surface area contributed by atoms with Crippen LogP contribution >= 0.6 is 11.3 Å². The molecule has 4 rings (SSSR count). The molecule has 0 atom stereocenters. The molecule has 0 fully saturated rings. The molecule has 2 aromatic heterocycles. The number of aromatic nitrogens is 1. The Morgan fingerprint density at radius 1 is 0.800 bits per heavy atom. The summed E-state index contributed by atoms with van der Waals surface area (Å²) < 4.78 is 0. The normalized spacial score (nSPS) is 19.2. The van der Waals surface area contributed by atoms with E-state index in [0.29, 0.717) is 0 Å². The zero-order valence-electron chi connectivity index (χ0n) is 12.1. The van der Waals surface area contributed by atoms with E-state index >= 15 is 0 Å². The van der Waals surface area contributed by atoms with Gasteiger partial charge < -0.3 is 5.73 Å². The van der Waals surface area contributed by atoms with Crippen molar-refractivity contribution in [2.45, 2.75) is 64.2 Å². The van der Waals surface area contributed by atoms with Crippen LogP contribution < -0.4 is 10.7 Å². The van der Waals surface area contributed by atoms with Gasteiger partial charge in [0.05, 0.1) is 11.1 Å². The summed E-state index contributed by atoms with van der Waals surface area (Å²) in [4.78, 5) is 6.68. The van der Waals surface area contributed by atoms with Crippen LogP contribution in [0.3, 0.4) is 0 Å². The fourth-order valence-corrected chi connectivity index (χ4v) is 5.25. The van der Waals surface area contributed by atoms with E-state index in [-0.39, 0.29) is 0 Å². The first-order chi connectivity index (χ1) is 9.84. The fourth-order valence-electron chi connectivity index (χ4n) is 3.92. The number of aryl methyl sites for hydroxylation is 3. The minimum atomic E-state index is 1.11. The second-order valence-corrected chi connectivity index (χ2v) is 7.43. The van der Waals surface area contributed by atoms with Gasteiger partial charge in [-0.1, -0.05) is 24.2 Å². The number of hydrogen-bond acceptors (Lipinski definition) is 2. The number of nitrogen functional groups attached to an aromatic ring is 1. The second kappa shape index (κ2) is 5.03. The lowest BCUT2D eigenvalue weighted by molar-refractivity contribution is -0.355. The van der Waals surface area contributed by atoms with Crippen molar-refractivity contribution in [1.29, 1.82) is 0 Å². The maximum absolute atomic E-state index is 6.62. The van der Waals surface area contributed by atoms with Crippen LogP contribution in [-0.4, -0.2) is 0 Å². The first kappa shape index (κ1) is 12.6. The van der Waals surface area contributed by atoms with Gasteiger partial charge in [-0.3, -0.25) is 0 Å². The maximum Gasteiger partial charge on any atom is 0.270 e. The number of fused-ring (bicyclic) bond motifs is 4. The number of anilines is 1. The van der Waals surface area contributed by atoms with E-state index in [1.807, 2.05) is 11.3 Å². The van der Waals surface area contributed by atoms with Crippen LogP contribution in [0.5, 0.6) is 0 Å². The molecule has 0 radical (unpaired) electrons. The highest BCUT2D eigenvalue weighted by Crippen LogP contribution is 2.39. The van der Waals surface area contributed by atoms with Crippen LogP contribution in [0.4, 0.5) is 5.69 Å². The van der Waals surface area contributed by atoms with E-state index in [9.17, 15) is 0 Å². The molecule has 0 spiro atoms. The van der Waals surface area contributed by atoms with Gasteiger partial charge in [0.1, 0.15) is 0 Å². The molecule has 2 aromatic rings. The van der Waals surface area contributed by atoms with Gasteiger partial charge in [0.25, 0.3) is 4.83 Å². The lowest BCUT2D eigenvalue weighted by atomic mass is 9.92. The number of hydrogen-bond donors (Lipinski definition) is 1. The molecule has 2 aliphatic rings. The fraction of sp³-hybridized carbons (Fsp3) is 0.588. The third-order valence-corrected chi connectivity index (χ3v) is 6.21. The monoisotopic (exact) mass is 287 g/mol. The smallest absolute Gasteiger partial charge is 0.270 e. The minimum absolute atomic E-state index is 1.11. The molecule has 2 aliphatic carbocycles. The summed E-state index contributed by atoms with van der Waals surface area (Å²) in [6.07, 6.45) is 12.8. The molecule has 2 heterocycles. The lowest BCUT2D eigenvalue weighted by Gasteiger charge is -2.14. The van der Waals surface area contributed by atoms with Crippen LogP contribution in [0, 0.1) is 0 Å². The van der Waals surface area contributed by atoms with Crippen LogP contribution in [0.1, 0.15) is 60.2 Å². The Labute approximate surface area is 124 Å². The van der Waals surface area contributed by atoms with Crippen molar-refractivity contribution in [3.63, 3.8) is 0 Å². The predicted molar refractivity (Wildman–Crippen MR) is 85.3 cm³/mol. The van der Waals surface area contributed by atoms with Crippen molar-refractivity contribution in [3.8, 4) is 0 Å². The second-order valence-electron chi connectivity index (χ2n) is 6.33. The standard InChI is InChI=1S/C17H22N2S/c18-16-11-7-3-1-2-4-9-13(11)19-17-15(16)12-8-5-6-10-14(12)20-17/h1-10H2,(H2,18,19)/p+1. The average Bonchev–Trinajstić information content (AvgIpc) is 2.79. The molecule has 0 amide bonds. The molecule has 0 unspecified atom stereocenters. The molecule has 3 heteroatoms. The molecule has 0 aliphatic heterocycles. The van der Waals surface area contributed by atoms with E-state index in [2.05, 4.69) is 4.98 Å². The van der Waals surface area contributed by atoms with Crippen LogP contribution in [0.25, 0.3) is 10.2 Å². The van der Waals surface area contributed by atoms with E-state index < -0.39 is 0 Å². The van der Waals surface area contributed by atoms with Crippen molar-refractivity contribution >= 4 is 27.2 Å². The Bertz CT molecular complexity index is 657. The van der Waals surface area contributed by atoms with Crippen molar-refractivity contribution < 1.29 is 4.98 Å². The van der Waals surface area contributed by atoms with Crippen LogP contribution in [-0.2, 0) is 25.7 Å². The Morgan fingerprint density at radius 2 is 1.50 bits per heavy atom. The Hall–Kier alpha value is -1.09. The Balaban J connectivity index is 1.94. The Morgan fingerprint density at radius 3 is 2.40 bits per heavy atom. The molecule has 0 saturated carbocycles. The average molecular weight is 287 g/mol. The predicted octanol–water partition coefficient (Wildman–Crippen LogP) is 3.84. The van der Waals surface area contributed by atoms with E-state index in [0.717, 1.165) is 12.1 Å². The summed E-state index contributed by atoms with van der Waals surface area (Å²) in [5.74, 6) is 0. The highest BCUT2D eigenvalue weighted by molar-refractivity contribution is 7.18. The third-order valence-electron chi connectivity index (χ3n) is 5.00. The summed E-state index contributed by atoms with van der Waals surface area (Å²) in [5, 5.41) is 1.38. The maximum atomic E-state index is 6.62. The summed E-state index contributed by atoms with van der Waals surface area (Å²) >= 11 is 1.96. The highest BCUT2D eigenvalue weighted by atomic mass is 32.1. The van der Waals surface area contributed by atoms with E-state index in [1.165, 1.54) is 79.3 Å². The molecule has 106 valence electrons. The first-order valence-corrected chi connectivity index (χ1v) is 8.93. The van der Waals surface area contributed by atoms with Crippen molar-refractivity contribution in [2.75, 3.05) is 5.73 Å². The molecule has 0 aromatic carbocycles. The summed E-state index contributed by atoms with van der Waals surface area (Å²) in [5.41, 5.74) is 12.1. The first-order valence-electron chi connectivity index (χ1n) is 8.11. The molecular weight excluding hydrogens is 264 g/mol. The molecule has 2 nitrogen and oxygen atoms in total. The topological polar surface area (TPSA) is 40.2 Å². The molecule has 3 N–H and O–H groups in total. The highest BCUT2D eigenvalue weighted by Gasteiger charge is 2.26. The summed E-state index contributed by atoms with van der Waals surface area (Å²) in [7, 11) is 0. The van der Waals surface area contributed by atoms with E-state index in [1.54, 1.807) is 10.4 Å². The summed E-state index contributed by atoms with van der Waals surface area (Å²) in [6, 6.07) is 0. The lowest BCUT2D eigenvalue weighted by Crippen LogP contribution is -2.18. The van der Waals surface area contributed by atoms with Crippen LogP contribution in [0.15, 0.2) is 0 Å². The van der Waals surface area contributed by atoms with Gasteiger partial charge in [-0.15, -0.1) is 0 Å². The minimum Gasteiger partial charge on any atom is -0.398 e. The SMILES string of the molecule is Nc1c2c([nH+]c3sc4c(c13)CCCC4)CCCCCC2. The number of H-pyrrole nitrogens is 1. The van der Waals surface area contributed by atoms with Gasteiger partial charge in [-0.2, -0.15) is 4.98 Å². The van der Waals surface area contributed by atoms with Gasteiger partial charge in [0.2, 0.25) is 0 Å². The zero-order valence-corrected chi connectivity index (χ0v) is 12.9. The van der Waals surface area contributed by atoms with Gasteiger partial charge in [0, 0.05) is 16.9 Å². The quantitative estimate of drug-likeness (QED) is 0.786. The van der Waals surface area contributed by atoms with Crippen molar-refractivity contribution in [2.24, 2.45) is 0 Å². The van der Waals surface area contributed by atoms with Crippen LogP contribution in [0.2, 0.25) is 0 Å². The number of rotatable bonds is 0. The third kappa shape index (κ3) is 1.95. The van der Waals surface area contributed by atoms with Gasteiger partial charge in [0.15, 0.2) is 5.69 Å².